The molecule has 0 saturated carbocycles. The molecule has 0 atom stereocenters. The van der Waals surface area contributed by atoms with Crippen molar-refractivity contribution in [3.63, 3.8) is 0 Å². The van der Waals surface area contributed by atoms with Crippen molar-refractivity contribution in [3.8, 4) is 0 Å². The van der Waals surface area contributed by atoms with Crippen LogP contribution in [0.4, 0.5) is 5.00 Å². The first-order valence-electron chi connectivity index (χ1n) is 6.28. The maximum Gasteiger partial charge on any atom is 0.341 e. The number of aryl methyl sites for hydroxylation is 1. The molecule has 0 amide bonds. The highest BCUT2D eigenvalue weighted by atomic mass is 32.1. The summed E-state index contributed by atoms with van der Waals surface area (Å²) in [6.45, 7) is 4.33. The van der Waals surface area contributed by atoms with Crippen molar-refractivity contribution < 1.29 is 13.9 Å². The molecule has 7 heteroatoms. The summed E-state index contributed by atoms with van der Waals surface area (Å²) in [6.07, 6.45) is 1.61. The number of rotatable bonds is 4. The van der Waals surface area contributed by atoms with Crippen molar-refractivity contribution in [2.75, 3.05) is 12.4 Å². The molecule has 0 aliphatic heterocycles. The van der Waals surface area contributed by atoms with E-state index in [9.17, 15) is 4.79 Å². The maximum atomic E-state index is 11.9. The third kappa shape index (κ3) is 3.62. The topological polar surface area (TPSA) is 63.5 Å². The number of furan rings is 1. The van der Waals surface area contributed by atoms with Gasteiger partial charge in [0.25, 0.3) is 0 Å². The smallest absolute Gasteiger partial charge is 0.341 e. The highest BCUT2D eigenvalue weighted by molar-refractivity contribution is 7.80. The summed E-state index contributed by atoms with van der Waals surface area (Å²) in [4.78, 5) is 12.9. The van der Waals surface area contributed by atoms with E-state index in [1.165, 1.54) is 18.4 Å². The Balaban J connectivity index is 2.06. The number of carbonyl (C=O) groups excluding carboxylic acids is 1. The lowest BCUT2D eigenvalue weighted by Gasteiger charge is -2.09. The predicted octanol–water partition coefficient (Wildman–Crippen LogP) is 3.23. The molecule has 0 aromatic carbocycles. The third-order valence-corrected chi connectivity index (χ3v) is 4.37. The van der Waals surface area contributed by atoms with Gasteiger partial charge in [0.05, 0.1) is 25.5 Å². The lowest BCUT2D eigenvalue weighted by molar-refractivity contribution is 0.0601. The van der Waals surface area contributed by atoms with Crippen molar-refractivity contribution in [1.82, 2.24) is 5.32 Å². The normalized spacial score (nSPS) is 10.2. The van der Waals surface area contributed by atoms with Gasteiger partial charge in [-0.2, -0.15) is 0 Å². The second-order valence-electron chi connectivity index (χ2n) is 4.37. The summed E-state index contributed by atoms with van der Waals surface area (Å²) >= 11 is 6.71. The first kappa shape index (κ1) is 15.5. The van der Waals surface area contributed by atoms with Gasteiger partial charge in [0.2, 0.25) is 0 Å². The number of ether oxygens (including phenoxy) is 1. The Morgan fingerprint density at radius 1 is 1.48 bits per heavy atom. The highest BCUT2D eigenvalue weighted by Gasteiger charge is 2.20. The summed E-state index contributed by atoms with van der Waals surface area (Å²) in [6, 6.07) is 3.67. The van der Waals surface area contributed by atoms with Gasteiger partial charge in [0.1, 0.15) is 10.8 Å². The van der Waals surface area contributed by atoms with E-state index in [2.05, 4.69) is 10.6 Å². The molecule has 2 aromatic rings. The van der Waals surface area contributed by atoms with Crippen LogP contribution in [0.1, 0.15) is 26.6 Å². The fourth-order valence-corrected chi connectivity index (χ4v) is 3.08. The van der Waals surface area contributed by atoms with Gasteiger partial charge in [-0.3, -0.25) is 0 Å². The van der Waals surface area contributed by atoms with Crippen LogP contribution in [0, 0.1) is 13.8 Å². The Bertz CT molecular complexity index is 647. The number of hydrogen-bond donors (Lipinski definition) is 2. The van der Waals surface area contributed by atoms with E-state index in [4.69, 9.17) is 21.4 Å². The molecule has 112 valence electrons. The fraction of sp³-hybridized carbons (Fsp3) is 0.286. The van der Waals surface area contributed by atoms with E-state index < -0.39 is 0 Å². The van der Waals surface area contributed by atoms with Crippen LogP contribution in [0.5, 0.6) is 0 Å². The maximum absolute atomic E-state index is 11.9. The van der Waals surface area contributed by atoms with Gasteiger partial charge < -0.3 is 19.8 Å². The molecule has 0 aliphatic rings. The zero-order chi connectivity index (χ0) is 15.4. The SMILES string of the molecule is COC(=O)c1c(NC(=S)NCc2ccco2)sc(C)c1C. The molecule has 0 aliphatic carbocycles. The Kier molecular flexibility index (Phi) is 4.98. The molecule has 0 saturated heterocycles. The average Bonchev–Trinajstić information content (AvgIpc) is 3.06. The monoisotopic (exact) mass is 324 g/mol. The van der Waals surface area contributed by atoms with E-state index in [1.807, 2.05) is 26.0 Å². The van der Waals surface area contributed by atoms with Crippen LogP contribution in [0.25, 0.3) is 0 Å². The number of anilines is 1. The molecule has 5 nitrogen and oxygen atoms in total. The highest BCUT2D eigenvalue weighted by Crippen LogP contribution is 2.32. The second-order valence-corrected chi connectivity index (χ2v) is 6.00. The van der Waals surface area contributed by atoms with Crippen LogP contribution in [0.3, 0.4) is 0 Å². The van der Waals surface area contributed by atoms with Crippen molar-refractivity contribution in [1.29, 1.82) is 0 Å². The summed E-state index contributed by atoms with van der Waals surface area (Å²) in [5.41, 5.74) is 1.44. The molecule has 0 spiro atoms. The minimum atomic E-state index is -0.367. The summed E-state index contributed by atoms with van der Waals surface area (Å²) < 4.78 is 10.0. The quantitative estimate of drug-likeness (QED) is 0.665. The molecule has 2 N–H and O–H groups in total. The molecule has 0 bridgehead atoms. The summed E-state index contributed by atoms with van der Waals surface area (Å²) in [7, 11) is 1.37. The van der Waals surface area contributed by atoms with Gasteiger partial charge in [-0.25, -0.2) is 4.79 Å². The van der Waals surface area contributed by atoms with E-state index >= 15 is 0 Å². The van der Waals surface area contributed by atoms with Crippen LogP contribution in [-0.2, 0) is 11.3 Å². The van der Waals surface area contributed by atoms with Gasteiger partial charge in [-0.05, 0) is 43.8 Å². The molecular weight excluding hydrogens is 308 g/mol. The minimum Gasteiger partial charge on any atom is -0.467 e. The van der Waals surface area contributed by atoms with Gasteiger partial charge in [0.15, 0.2) is 5.11 Å². The number of methoxy groups -OCH3 is 1. The van der Waals surface area contributed by atoms with E-state index in [-0.39, 0.29) is 5.97 Å². The fourth-order valence-electron chi connectivity index (χ4n) is 1.79. The average molecular weight is 324 g/mol. The standard InChI is InChI=1S/C14H16N2O3S2/c1-8-9(2)21-12(11(8)13(17)18-3)16-14(20)15-7-10-5-4-6-19-10/h4-6H,7H2,1-3H3,(H2,15,16,20). The lowest BCUT2D eigenvalue weighted by Crippen LogP contribution is -2.28. The number of hydrogen-bond acceptors (Lipinski definition) is 5. The van der Waals surface area contributed by atoms with Crippen LogP contribution in [0.2, 0.25) is 0 Å². The van der Waals surface area contributed by atoms with Gasteiger partial charge in [-0.15, -0.1) is 11.3 Å². The van der Waals surface area contributed by atoms with Crippen molar-refractivity contribution >= 4 is 39.6 Å². The molecular formula is C14H16N2O3S2. The molecule has 2 aromatic heterocycles. The Morgan fingerprint density at radius 2 is 2.24 bits per heavy atom. The zero-order valence-electron chi connectivity index (χ0n) is 12.0. The van der Waals surface area contributed by atoms with Crippen molar-refractivity contribution in [2.45, 2.75) is 20.4 Å². The number of thiocarbonyl (C=S) groups is 1. The molecule has 0 unspecified atom stereocenters. The summed E-state index contributed by atoms with van der Waals surface area (Å²) in [5, 5.41) is 7.19. The van der Waals surface area contributed by atoms with Gasteiger partial charge in [-0.1, -0.05) is 0 Å². The Morgan fingerprint density at radius 3 is 2.86 bits per heavy atom. The zero-order valence-corrected chi connectivity index (χ0v) is 13.6. The Hall–Kier alpha value is -1.86. The second kappa shape index (κ2) is 6.73. The number of esters is 1. The molecule has 21 heavy (non-hydrogen) atoms. The van der Waals surface area contributed by atoms with E-state index in [0.717, 1.165) is 16.2 Å². The number of carbonyl (C=O) groups is 1. The molecule has 2 rings (SSSR count). The minimum absolute atomic E-state index is 0.367. The van der Waals surface area contributed by atoms with Crippen molar-refractivity contribution in [2.24, 2.45) is 0 Å². The first-order chi connectivity index (χ1) is 10.0. The molecule has 2 heterocycles. The van der Waals surface area contributed by atoms with E-state index in [1.54, 1.807) is 6.26 Å². The lowest BCUT2D eigenvalue weighted by atomic mass is 10.1. The van der Waals surface area contributed by atoms with Gasteiger partial charge in [0, 0.05) is 4.88 Å². The number of nitrogens with one attached hydrogen (secondary N) is 2. The summed E-state index contributed by atoms with van der Waals surface area (Å²) in [5.74, 6) is 0.416. The van der Waals surface area contributed by atoms with Gasteiger partial charge >= 0.3 is 5.97 Å². The van der Waals surface area contributed by atoms with Crippen molar-refractivity contribution in [3.05, 3.63) is 40.2 Å². The van der Waals surface area contributed by atoms with Crippen LogP contribution in [0.15, 0.2) is 22.8 Å². The third-order valence-electron chi connectivity index (χ3n) is 3.01. The Labute approximate surface area is 132 Å². The van der Waals surface area contributed by atoms with Crippen LogP contribution < -0.4 is 10.6 Å². The van der Waals surface area contributed by atoms with Crippen LogP contribution in [-0.4, -0.2) is 18.2 Å². The predicted molar refractivity (Wildman–Crippen MR) is 86.9 cm³/mol. The van der Waals surface area contributed by atoms with E-state index in [0.29, 0.717) is 22.2 Å². The molecule has 0 fully saturated rings. The largest absolute Gasteiger partial charge is 0.467 e. The first-order valence-corrected chi connectivity index (χ1v) is 7.51. The van der Waals surface area contributed by atoms with Crippen LogP contribution >= 0.6 is 23.6 Å². The number of thiophene rings is 1. The molecule has 0 radical (unpaired) electrons.